The quantitative estimate of drug-likeness (QED) is 0.262. The molecule has 4 aromatic rings. The van der Waals surface area contributed by atoms with E-state index in [4.69, 9.17) is 0 Å². The van der Waals surface area contributed by atoms with Crippen molar-refractivity contribution < 1.29 is 22.4 Å². The fraction of sp³-hybridized carbons (Fsp3) is 0.269. The molecular weight excluding hydrogens is 502 g/mol. The summed E-state index contributed by atoms with van der Waals surface area (Å²) in [5.74, 6) is -1.67. The van der Waals surface area contributed by atoms with E-state index in [1.54, 1.807) is 30.3 Å². The highest BCUT2D eigenvalue weighted by atomic mass is 19.4. The third-order valence-corrected chi connectivity index (χ3v) is 5.83. The van der Waals surface area contributed by atoms with E-state index < -0.39 is 29.3 Å². The molecule has 38 heavy (non-hydrogen) atoms. The zero-order valence-electron chi connectivity index (χ0n) is 21.2. The Balaban J connectivity index is 1.77. The maximum Gasteiger partial charge on any atom is 0.421 e. The molecule has 12 heteroatoms. The van der Waals surface area contributed by atoms with Gasteiger partial charge >= 0.3 is 6.18 Å². The number of nitrogens with one attached hydrogen (secondary N) is 3. The number of fused-ring (bicyclic) bond motifs is 1. The number of aromatic amines is 1. The van der Waals surface area contributed by atoms with Crippen molar-refractivity contribution >= 4 is 39.7 Å². The first-order chi connectivity index (χ1) is 17.9. The number of H-pyrrole nitrogens is 1. The first-order valence-corrected chi connectivity index (χ1v) is 11.7. The minimum absolute atomic E-state index is 0.0231. The fourth-order valence-electron chi connectivity index (χ4n) is 4.01. The molecule has 0 aliphatic heterocycles. The normalized spacial score (nSPS) is 11.7. The van der Waals surface area contributed by atoms with E-state index in [1.165, 1.54) is 13.0 Å². The van der Waals surface area contributed by atoms with Gasteiger partial charge in [0.05, 0.1) is 11.4 Å². The van der Waals surface area contributed by atoms with Crippen LogP contribution in [0.4, 0.5) is 40.4 Å². The lowest BCUT2D eigenvalue weighted by molar-refractivity contribution is -0.137. The average Bonchev–Trinajstić information content (AvgIpc) is 3.25. The lowest BCUT2D eigenvalue weighted by Gasteiger charge is -2.25. The zero-order chi connectivity index (χ0) is 27.6. The van der Waals surface area contributed by atoms with Crippen LogP contribution < -0.4 is 15.5 Å². The highest BCUT2D eigenvalue weighted by molar-refractivity contribution is 5.95. The number of para-hydroxylation sites is 1. The largest absolute Gasteiger partial charge is 0.421 e. The summed E-state index contributed by atoms with van der Waals surface area (Å²) in [5, 5.41) is 5.91. The standard InChI is InChI=1S/C26H27F4N7O/c1-15(38)33-22-12-16(11-20(27)23(22)37(4)10-9-36(2)3)34-25-19(26(28,29)30)14-32-24(35-25)18-13-31-21-8-6-5-7-17(18)21/h5-8,11-14,31H,9-10H2,1-4H3,(H,33,38)(H,32,34,35). The summed E-state index contributed by atoms with van der Waals surface area (Å²) in [6.07, 6.45) is -2.46. The van der Waals surface area contributed by atoms with Crippen LogP contribution >= 0.6 is 0 Å². The topological polar surface area (TPSA) is 89.2 Å². The molecule has 0 saturated heterocycles. The van der Waals surface area contributed by atoms with Gasteiger partial charge in [-0.3, -0.25) is 4.79 Å². The van der Waals surface area contributed by atoms with Crippen LogP contribution in [-0.2, 0) is 11.0 Å². The molecule has 2 aromatic carbocycles. The lowest BCUT2D eigenvalue weighted by atomic mass is 10.1. The summed E-state index contributed by atoms with van der Waals surface area (Å²) in [4.78, 5) is 26.6. The molecule has 0 aliphatic carbocycles. The number of carbonyl (C=O) groups is 1. The molecule has 2 heterocycles. The number of carbonyl (C=O) groups excluding carboxylic acids is 1. The molecule has 0 aliphatic rings. The van der Waals surface area contributed by atoms with Gasteiger partial charge in [-0.1, -0.05) is 18.2 Å². The second-order valence-corrected chi connectivity index (χ2v) is 9.09. The highest BCUT2D eigenvalue weighted by Crippen LogP contribution is 2.38. The van der Waals surface area contributed by atoms with Crippen molar-refractivity contribution in [3.8, 4) is 11.4 Å². The first kappa shape index (κ1) is 26.9. The summed E-state index contributed by atoms with van der Waals surface area (Å²) < 4.78 is 56.9. The van der Waals surface area contributed by atoms with Crippen LogP contribution in [0, 0.1) is 5.82 Å². The molecule has 3 N–H and O–H groups in total. The number of nitrogens with zero attached hydrogens (tertiary/aromatic N) is 4. The van der Waals surface area contributed by atoms with Crippen molar-refractivity contribution in [1.29, 1.82) is 0 Å². The third-order valence-electron chi connectivity index (χ3n) is 5.83. The number of halogens is 4. The van der Waals surface area contributed by atoms with Crippen molar-refractivity contribution in [2.75, 3.05) is 49.8 Å². The van der Waals surface area contributed by atoms with Crippen LogP contribution in [0.5, 0.6) is 0 Å². The van der Waals surface area contributed by atoms with Gasteiger partial charge in [0, 0.05) is 61.6 Å². The Morgan fingerprint density at radius 2 is 1.84 bits per heavy atom. The van der Waals surface area contributed by atoms with E-state index in [2.05, 4.69) is 25.6 Å². The summed E-state index contributed by atoms with van der Waals surface area (Å²) in [6.45, 7) is 2.32. The number of hydrogen-bond donors (Lipinski definition) is 3. The molecular formula is C26H27F4N7O. The Morgan fingerprint density at radius 3 is 2.53 bits per heavy atom. The van der Waals surface area contributed by atoms with Crippen molar-refractivity contribution in [2.24, 2.45) is 0 Å². The van der Waals surface area contributed by atoms with Crippen LogP contribution in [0.3, 0.4) is 0 Å². The smallest absolute Gasteiger partial charge is 0.369 e. The molecule has 4 rings (SSSR count). The summed E-state index contributed by atoms with van der Waals surface area (Å²) in [7, 11) is 5.41. The van der Waals surface area contributed by atoms with E-state index in [-0.39, 0.29) is 22.9 Å². The number of aromatic nitrogens is 3. The minimum atomic E-state index is -4.77. The van der Waals surface area contributed by atoms with Gasteiger partial charge in [-0.25, -0.2) is 14.4 Å². The Hall–Kier alpha value is -4.19. The molecule has 0 unspecified atom stereocenters. The van der Waals surface area contributed by atoms with Crippen LogP contribution in [0.1, 0.15) is 12.5 Å². The van der Waals surface area contributed by atoms with Crippen LogP contribution in [-0.4, -0.2) is 60.0 Å². The van der Waals surface area contributed by atoms with E-state index in [1.807, 2.05) is 31.1 Å². The Morgan fingerprint density at radius 1 is 1.11 bits per heavy atom. The first-order valence-electron chi connectivity index (χ1n) is 11.7. The zero-order valence-corrected chi connectivity index (χ0v) is 21.2. The van der Waals surface area contributed by atoms with Gasteiger partial charge in [-0.05, 0) is 32.3 Å². The number of anilines is 4. The Bertz CT molecular complexity index is 1470. The molecule has 200 valence electrons. The predicted octanol–water partition coefficient (Wildman–Crippen LogP) is 5.48. The van der Waals surface area contributed by atoms with Crippen LogP contribution in [0.25, 0.3) is 22.3 Å². The van der Waals surface area contributed by atoms with Crippen molar-refractivity contribution in [2.45, 2.75) is 13.1 Å². The molecule has 0 saturated carbocycles. The van der Waals surface area contributed by atoms with Gasteiger partial charge in [-0.2, -0.15) is 13.2 Å². The molecule has 0 atom stereocenters. The van der Waals surface area contributed by atoms with Gasteiger partial charge in [0.2, 0.25) is 5.91 Å². The molecule has 0 fully saturated rings. The molecule has 2 aromatic heterocycles. The van der Waals surface area contributed by atoms with Crippen molar-refractivity contribution in [1.82, 2.24) is 19.9 Å². The molecule has 8 nitrogen and oxygen atoms in total. The summed E-state index contributed by atoms with van der Waals surface area (Å²) >= 11 is 0. The Kier molecular flexibility index (Phi) is 7.53. The van der Waals surface area contributed by atoms with E-state index in [9.17, 15) is 18.0 Å². The fourth-order valence-corrected chi connectivity index (χ4v) is 4.01. The monoisotopic (exact) mass is 529 g/mol. The number of rotatable bonds is 8. The lowest BCUT2D eigenvalue weighted by Crippen LogP contribution is -2.30. The number of likely N-dealkylation sites (N-methyl/N-ethyl adjacent to an activating group) is 2. The third kappa shape index (κ3) is 5.86. The minimum Gasteiger partial charge on any atom is -0.369 e. The number of benzene rings is 2. The second kappa shape index (κ2) is 10.7. The number of hydrogen-bond acceptors (Lipinski definition) is 6. The second-order valence-electron chi connectivity index (χ2n) is 9.09. The van der Waals surface area contributed by atoms with Gasteiger partial charge < -0.3 is 25.4 Å². The highest BCUT2D eigenvalue weighted by Gasteiger charge is 2.35. The maximum atomic E-state index is 15.3. The van der Waals surface area contributed by atoms with Gasteiger partial charge in [0.25, 0.3) is 0 Å². The van der Waals surface area contributed by atoms with Crippen molar-refractivity contribution in [3.63, 3.8) is 0 Å². The average molecular weight is 530 g/mol. The SMILES string of the molecule is CC(=O)Nc1cc(Nc2nc(-c3c[nH]c4ccccc34)ncc2C(F)(F)F)cc(F)c1N(C)CCN(C)C. The van der Waals surface area contributed by atoms with Crippen molar-refractivity contribution in [3.05, 3.63) is 60.2 Å². The molecule has 0 bridgehead atoms. The molecule has 0 radical (unpaired) electrons. The van der Waals surface area contributed by atoms with Gasteiger partial charge in [0.15, 0.2) is 11.6 Å². The number of alkyl halides is 3. The van der Waals surface area contributed by atoms with E-state index in [0.29, 0.717) is 24.8 Å². The molecule has 0 spiro atoms. The van der Waals surface area contributed by atoms with Gasteiger partial charge in [-0.15, -0.1) is 0 Å². The maximum absolute atomic E-state index is 15.3. The number of amides is 1. The predicted molar refractivity (Wildman–Crippen MR) is 140 cm³/mol. The van der Waals surface area contributed by atoms with E-state index >= 15 is 4.39 Å². The molecule has 1 amide bonds. The van der Waals surface area contributed by atoms with E-state index in [0.717, 1.165) is 17.0 Å². The Labute approximate surface area is 216 Å². The summed E-state index contributed by atoms with van der Waals surface area (Å²) in [5.41, 5.74) is 0.378. The summed E-state index contributed by atoms with van der Waals surface area (Å²) in [6, 6.07) is 9.69. The van der Waals surface area contributed by atoms with Crippen LogP contribution in [0.2, 0.25) is 0 Å². The van der Waals surface area contributed by atoms with Crippen LogP contribution in [0.15, 0.2) is 48.8 Å². The van der Waals surface area contributed by atoms with Gasteiger partial charge in [0.1, 0.15) is 11.4 Å².